The Labute approximate surface area is 218 Å². The lowest BCUT2D eigenvalue weighted by molar-refractivity contribution is -0.113. The van der Waals surface area contributed by atoms with Gasteiger partial charge in [-0.2, -0.15) is 0 Å². The summed E-state index contributed by atoms with van der Waals surface area (Å²) in [6.07, 6.45) is 4.33. The predicted molar refractivity (Wildman–Crippen MR) is 155 cm³/mol. The zero-order valence-electron chi connectivity index (χ0n) is 21.4. The molecule has 0 unspecified atom stereocenters. The quantitative estimate of drug-likeness (QED) is 0.347. The minimum atomic E-state index is -0.0594. The van der Waals surface area contributed by atoms with Gasteiger partial charge >= 0.3 is 0 Å². The van der Waals surface area contributed by atoms with Gasteiger partial charge in [-0.1, -0.05) is 48.5 Å². The minimum Gasteiger partial charge on any atom is -0.360 e. The van der Waals surface area contributed by atoms with Gasteiger partial charge in [-0.15, -0.1) is 0 Å². The zero-order chi connectivity index (χ0) is 25.4. The molecule has 2 aliphatic rings. The van der Waals surface area contributed by atoms with Crippen LogP contribution in [-0.2, 0) is 4.79 Å². The molecule has 0 radical (unpaired) electrons. The van der Waals surface area contributed by atoms with Crippen LogP contribution in [0.1, 0.15) is 45.7 Å². The molecular formula is C31H31N3OS. The van der Waals surface area contributed by atoms with Gasteiger partial charge in [0.2, 0.25) is 0 Å². The van der Waals surface area contributed by atoms with E-state index in [9.17, 15) is 4.79 Å². The zero-order valence-corrected chi connectivity index (χ0v) is 22.2. The van der Waals surface area contributed by atoms with Crippen LogP contribution >= 0.6 is 11.8 Å². The van der Waals surface area contributed by atoms with Gasteiger partial charge < -0.3 is 4.90 Å². The standard InChI is InChI=1S/C31H31N3OS/c1-21(2)34-27-17-16-23(18-26(27)22(3)20-31(34,4)5)19-28-29(35)33(25-14-10-7-11-15-25)30(36-28)32-24-12-8-6-9-13-24/h6-21H,1-5H3/b28-19-,32-30?. The highest BCUT2D eigenvalue weighted by molar-refractivity contribution is 8.19. The summed E-state index contributed by atoms with van der Waals surface area (Å²) in [5.74, 6) is -0.0594. The van der Waals surface area contributed by atoms with E-state index in [0.29, 0.717) is 16.1 Å². The predicted octanol–water partition coefficient (Wildman–Crippen LogP) is 7.91. The fraction of sp³-hybridized carbons (Fsp3) is 0.226. The van der Waals surface area contributed by atoms with E-state index in [4.69, 9.17) is 4.99 Å². The highest BCUT2D eigenvalue weighted by Gasteiger charge is 2.35. The number of fused-ring (bicyclic) bond motifs is 1. The Hall–Kier alpha value is -3.57. The average molecular weight is 494 g/mol. The maximum atomic E-state index is 13.6. The lowest BCUT2D eigenvalue weighted by Gasteiger charge is -2.46. The normalized spacial score (nSPS) is 19.3. The summed E-state index contributed by atoms with van der Waals surface area (Å²) in [7, 11) is 0. The molecule has 2 heterocycles. The summed E-state index contributed by atoms with van der Waals surface area (Å²) in [6, 6.07) is 26.4. The van der Waals surface area contributed by atoms with E-state index in [2.05, 4.69) is 63.8 Å². The number of amidine groups is 1. The van der Waals surface area contributed by atoms with Crippen molar-refractivity contribution in [1.29, 1.82) is 0 Å². The molecule has 0 spiro atoms. The van der Waals surface area contributed by atoms with E-state index in [-0.39, 0.29) is 11.4 Å². The first kappa shape index (κ1) is 24.1. The minimum absolute atomic E-state index is 0.0541. The molecule has 5 rings (SSSR count). The third-order valence-corrected chi connectivity index (χ3v) is 7.48. The molecular weight excluding hydrogens is 462 g/mol. The number of para-hydroxylation sites is 2. The highest BCUT2D eigenvalue weighted by Crippen LogP contribution is 2.42. The fourth-order valence-electron chi connectivity index (χ4n) is 5.22. The van der Waals surface area contributed by atoms with E-state index in [0.717, 1.165) is 16.9 Å². The van der Waals surface area contributed by atoms with Crippen molar-refractivity contribution in [3.63, 3.8) is 0 Å². The van der Waals surface area contributed by atoms with Crippen molar-refractivity contribution in [1.82, 2.24) is 0 Å². The number of anilines is 2. The molecule has 0 bridgehead atoms. The Bertz CT molecular complexity index is 1390. The van der Waals surface area contributed by atoms with Gasteiger partial charge in [-0.25, -0.2) is 4.99 Å². The molecule has 2 aliphatic heterocycles. The van der Waals surface area contributed by atoms with Gasteiger partial charge in [0.25, 0.3) is 5.91 Å². The van der Waals surface area contributed by atoms with Gasteiger partial charge in [0.1, 0.15) is 0 Å². The number of nitrogens with zero attached hydrogens (tertiary/aromatic N) is 3. The molecule has 3 aromatic carbocycles. The second-order valence-corrected chi connectivity index (χ2v) is 11.0. The molecule has 1 amide bonds. The summed E-state index contributed by atoms with van der Waals surface area (Å²) >= 11 is 1.42. The van der Waals surface area contributed by atoms with Crippen molar-refractivity contribution in [2.24, 2.45) is 4.99 Å². The molecule has 1 saturated heterocycles. The Kier molecular flexibility index (Phi) is 6.35. The molecule has 0 aliphatic carbocycles. The van der Waals surface area contributed by atoms with E-state index >= 15 is 0 Å². The summed E-state index contributed by atoms with van der Waals surface area (Å²) in [4.78, 5) is 23.3. The third kappa shape index (κ3) is 4.51. The first-order chi connectivity index (χ1) is 17.2. The molecule has 5 heteroatoms. The topological polar surface area (TPSA) is 35.9 Å². The van der Waals surface area contributed by atoms with E-state index < -0.39 is 0 Å². The number of hydrogen-bond acceptors (Lipinski definition) is 4. The first-order valence-corrected chi connectivity index (χ1v) is 13.1. The smallest absolute Gasteiger partial charge is 0.271 e. The van der Waals surface area contributed by atoms with Crippen molar-refractivity contribution in [3.05, 3.63) is 101 Å². The number of hydrogen-bond donors (Lipinski definition) is 0. The Balaban J connectivity index is 1.55. The molecule has 1 fully saturated rings. The van der Waals surface area contributed by atoms with Crippen LogP contribution in [0.3, 0.4) is 0 Å². The molecule has 36 heavy (non-hydrogen) atoms. The number of amides is 1. The second kappa shape index (κ2) is 9.47. The van der Waals surface area contributed by atoms with Crippen LogP contribution in [0.4, 0.5) is 17.1 Å². The van der Waals surface area contributed by atoms with Gasteiger partial charge in [0.15, 0.2) is 5.17 Å². The van der Waals surface area contributed by atoms with E-state index in [1.165, 1.54) is 28.6 Å². The van der Waals surface area contributed by atoms with E-state index in [1.807, 2.05) is 66.7 Å². The molecule has 0 aromatic heterocycles. The van der Waals surface area contributed by atoms with Crippen molar-refractivity contribution in [2.45, 2.75) is 46.2 Å². The molecule has 0 atom stereocenters. The second-order valence-electron chi connectivity index (χ2n) is 10.0. The molecule has 3 aromatic rings. The summed E-state index contributed by atoms with van der Waals surface area (Å²) < 4.78 is 0. The monoisotopic (exact) mass is 493 g/mol. The summed E-state index contributed by atoms with van der Waals surface area (Å²) in [5.41, 5.74) is 6.30. The molecule has 0 saturated carbocycles. The van der Waals surface area contributed by atoms with Crippen LogP contribution in [0, 0.1) is 0 Å². The van der Waals surface area contributed by atoms with E-state index in [1.54, 1.807) is 4.90 Å². The molecule has 0 N–H and O–H groups in total. The van der Waals surface area contributed by atoms with Crippen molar-refractivity contribution >= 4 is 51.5 Å². The molecule has 4 nitrogen and oxygen atoms in total. The lowest BCUT2D eigenvalue weighted by Crippen LogP contribution is -2.49. The van der Waals surface area contributed by atoms with Crippen LogP contribution in [0.2, 0.25) is 0 Å². The lowest BCUT2D eigenvalue weighted by atomic mass is 9.87. The van der Waals surface area contributed by atoms with Gasteiger partial charge in [-0.3, -0.25) is 9.69 Å². The van der Waals surface area contributed by atoms with Gasteiger partial charge in [-0.05, 0) is 100.0 Å². The largest absolute Gasteiger partial charge is 0.360 e. The third-order valence-electron chi connectivity index (χ3n) is 6.51. The maximum absolute atomic E-state index is 13.6. The number of carbonyl (C=O) groups excluding carboxylic acids is 1. The van der Waals surface area contributed by atoms with Crippen molar-refractivity contribution in [3.8, 4) is 0 Å². The number of aliphatic imine (C=N–C) groups is 1. The van der Waals surface area contributed by atoms with Crippen molar-refractivity contribution < 1.29 is 4.79 Å². The van der Waals surface area contributed by atoms with Crippen LogP contribution < -0.4 is 9.80 Å². The summed E-state index contributed by atoms with van der Waals surface area (Å²) in [6.45, 7) is 11.2. The van der Waals surface area contributed by atoms with Gasteiger partial charge in [0.05, 0.1) is 21.8 Å². The fourth-order valence-corrected chi connectivity index (χ4v) is 6.22. The Morgan fingerprint density at radius 1 is 0.944 bits per heavy atom. The Morgan fingerprint density at radius 2 is 1.61 bits per heavy atom. The number of carbonyl (C=O) groups is 1. The first-order valence-electron chi connectivity index (χ1n) is 12.3. The van der Waals surface area contributed by atoms with Crippen LogP contribution in [0.15, 0.2) is 94.8 Å². The maximum Gasteiger partial charge on any atom is 0.271 e. The number of rotatable bonds is 4. The molecule has 182 valence electrons. The number of thioether (sulfide) groups is 1. The highest BCUT2D eigenvalue weighted by atomic mass is 32.2. The van der Waals surface area contributed by atoms with Crippen LogP contribution in [-0.4, -0.2) is 22.7 Å². The summed E-state index contributed by atoms with van der Waals surface area (Å²) in [5, 5.41) is 0.658. The number of benzene rings is 3. The van der Waals surface area contributed by atoms with Crippen LogP contribution in [0.25, 0.3) is 11.6 Å². The average Bonchev–Trinajstić information content (AvgIpc) is 3.14. The van der Waals surface area contributed by atoms with Crippen molar-refractivity contribution in [2.75, 3.05) is 9.80 Å². The van der Waals surface area contributed by atoms with Crippen LogP contribution in [0.5, 0.6) is 0 Å². The Morgan fingerprint density at radius 3 is 2.28 bits per heavy atom. The number of allylic oxidation sites excluding steroid dienone is 1. The SMILES string of the molecule is CC1=CC(C)(C)N(C(C)C)c2ccc(/C=C3\SC(=Nc4ccccc4)N(c4ccccc4)C3=O)cc21. The van der Waals surface area contributed by atoms with Gasteiger partial charge in [0, 0.05) is 17.3 Å².